The highest BCUT2D eigenvalue weighted by Gasteiger charge is 2.24. The van der Waals surface area contributed by atoms with Gasteiger partial charge in [0.15, 0.2) is 5.58 Å². The highest BCUT2D eigenvalue weighted by Crippen LogP contribution is 2.21. The van der Waals surface area contributed by atoms with E-state index in [1.165, 1.54) is 0 Å². The van der Waals surface area contributed by atoms with E-state index in [1.54, 1.807) is 6.20 Å². The Balaban J connectivity index is 1.54. The topological polar surface area (TPSA) is 72.4 Å². The first-order valence-corrected chi connectivity index (χ1v) is 6.85. The van der Waals surface area contributed by atoms with Gasteiger partial charge in [-0.15, -0.1) is 0 Å². The molecule has 1 aliphatic rings. The number of para-hydroxylation sites is 1. The predicted molar refractivity (Wildman–Crippen MR) is 73.3 cm³/mol. The molecule has 0 spiro atoms. The molecule has 0 unspecified atom stereocenters. The Hall–Kier alpha value is -2.63. The molecule has 3 heterocycles. The smallest absolute Gasteiger partial charge is 0.229 e. The molecular weight excluding hydrogens is 270 g/mol. The zero-order valence-electron chi connectivity index (χ0n) is 11.3. The molecule has 21 heavy (non-hydrogen) atoms. The van der Waals surface area contributed by atoms with Gasteiger partial charge in [0.1, 0.15) is 11.5 Å². The number of carbonyl (C=O) groups excluding carboxylic acids is 1. The van der Waals surface area contributed by atoms with Crippen LogP contribution in [0.4, 0.5) is 0 Å². The van der Waals surface area contributed by atoms with Gasteiger partial charge in [-0.1, -0.05) is 22.4 Å². The second-order valence-corrected chi connectivity index (χ2v) is 5.14. The maximum absolute atomic E-state index is 12.4. The third kappa shape index (κ3) is 2.08. The standard InChI is InChI=1S/C15H13N3O3/c19-15(18-6-5-13-10(9-18)8-16-20-13)7-12-11-3-1-2-4-14(11)21-17-12/h1-4,8H,5-7,9H2. The highest BCUT2D eigenvalue weighted by atomic mass is 16.5. The molecule has 0 saturated heterocycles. The summed E-state index contributed by atoms with van der Waals surface area (Å²) >= 11 is 0. The number of amides is 1. The summed E-state index contributed by atoms with van der Waals surface area (Å²) in [6.07, 6.45) is 2.64. The average molecular weight is 283 g/mol. The first-order chi connectivity index (χ1) is 10.3. The normalized spacial score (nSPS) is 14.4. The van der Waals surface area contributed by atoms with E-state index in [9.17, 15) is 4.79 Å². The lowest BCUT2D eigenvalue weighted by molar-refractivity contribution is -0.131. The van der Waals surface area contributed by atoms with E-state index in [-0.39, 0.29) is 12.3 Å². The van der Waals surface area contributed by atoms with Gasteiger partial charge in [-0.3, -0.25) is 4.79 Å². The molecule has 0 fully saturated rings. The largest absolute Gasteiger partial charge is 0.361 e. The Morgan fingerprint density at radius 2 is 2.19 bits per heavy atom. The lowest BCUT2D eigenvalue weighted by Gasteiger charge is -2.25. The number of fused-ring (bicyclic) bond motifs is 2. The summed E-state index contributed by atoms with van der Waals surface area (Å²) in [6.45, 7) is 1.20. The summed E-state index contributed by atoms with van der Waals surface area (Å²) in [7, 11) is 0. The monoisotopic (exact) mass is 283 g/mol. The summed E-state index contributed by atoms with van der Waals surface area (Å²) in [6, 6.07) is 7.57. The SMILES string of the molecule is O=C(Cc1noc2ccccc12)N1CCc2oncc2C1. The average Bonchev–Trinajstić information content (AvgIpc) is 3.13. The van der Waals surface area contributed by atoms with Gasteiger partial charge in [0.05, 0.1) is 19.2 Å². The molecule has 1 amide bonds. The third-order valence-corrected chi connectivity index (χ3v) is 3.82. The fourth-order valence-corrected chi connectivity index (χ4v) is 2.67. The number of nitrogens with zero attached hydrogens (tertiary/aromatic N) is 3. The number of aromatic nitrogens is 2. The van der Waals surface area contributed by atoms with Crippen LogP contribution in [-0.4, -0.2) is 27.7 Å². The molecule has 6 heteroatoms. The van der Waals surface area contributed by atoms with E-state index in [4.69, 9.17) is 9.05 Å². The molecule has 0 bridgehead atoms. The van der Waals surface area contributed by atoms with E-state index < -0.39 is 0 Å². The molecule has 3 aromatic rings. The van der Waals surface area contributed by atoms with Crippen LogP contribution < -0.4 is 0 Å². The molecule has 1 aromatic carbocycles. The number of rotatable bonds is 2. The molecule has 0 saturated carbocycles. The van der Waals surface area contributed by atoms with E-state index in [0.717, 1.165) is 16.7 Å². The minimum atomic E-state index is 0.0425. The number of benzene rings is 1. The van der Waals surface area contributed by atoms with Gasteiger partial charge in [0, 0.05) is 23.9 Å². The van der Waals surface area contributed by atoms with E-state index in [0.29, 0.717) is 30.8 Å². The van der Waals surface area contributed by atoms with Crippen molar-refractivity contribution in [1.29, 1.82) is 0 Å². The van der Waals surface area contributed by atoms with Gasteiger partial charge in [-0.2, -0.15) is 0 Å². The van der Waals surface area contributed by atoms with Gasteiger partial charge < -0.3 is 13.9 Å². The molecule has 0 radical (unpaired) electrons. The van der Waals surface area contributed by atoms with Gasteiger partial charge >= 0.3 is 0 Å². The summed E-state index contributed by atoms with van der Waals surface area (Å²) in [4.78, 5) is 14.2. The second kappa shape index (κ2) is 4.73. The summed E-state index contributed by atoms with van der Waals surface area (Å²) in [5, 5.41) is 8.68. The Morgan fingerprint density at radius 1 is 1.29 bits per heavy atom. The lowest BCUT2D eigenvalue weighted by Crippen LogP contribution is -2.36. The van der Waals surface area contributed by atoms with Crippen molar-refractivity contribution in [1.82, 2.24) is 15.2 Å². The van der Waals surface area contributed by atoms with Crippen LogP contribution in [0.2, 0.25) is 0 Å². The molecule has 0 aliphatic carbocycles. The minimum absolute atomic E-state index is 0.0425. The van der Waals surface area contributed by atoms with Crippen molar-refractivity contribution in [2.75, 3.05) is 6.54 Å². The summed E-state index contributed by atoms with van der Waals surface area (Å²) in [5.41, 5.74) is 2.38. The van der Waals surface area contributed by atoms with Crippen LogP contribution in [-0.2, 0) is 24.2 Å². The molecule has 106 valence electrons. The first kappa shape index (κ1) is 12.1. The van der Waals surface area contributed by atoms with Crippen molar-refractivity contribution in [2.45, 2.75) is 19.4 Å². The van der Waals surface area contributed by atoms with E-state index in [2.05, 4.69) is 10.3 Å². The Kier molecular flexibility index (Phi) is 2.73. The van der Waals surface area contributed by atoms with Crippen LogP contribution in [0.25, 0.3) is 11.0 Å². The van der Waals surface area contributed by atoms with E-state index in [1.807, 2.05) is 29.2 Å². The van der Waals surface area contributed by atoms with Crippen molar-refractivity contribution < 1.29 is 13.8 Å². The Labute approximate surface area is 120 Å². The van der Waals surface area contributed by atoms with Gasteiger partial charge in [0.25, 0.3) is 0 Å². The third-order valence-electron chi connectivity index (χ3n) is 3.82. The molecule has 2 aromatic heterocycles. The van der Waals surface area contributed by atoms with E-state index >= 15 is 0 Å². The van der Waals surface area contributed by atoms with Gasteiger partial charge in [0.2, 0.25) is 5.91 Å². The maximum Gasteiger partial charge on any atom is 0.229 e. The summed E-state index contributed by atoms with van der Waals surface area (Å²) in [5.74, 6) is 0.923. The fraction of sp³-hybridized carbons (Fsp3) is 0.267. The van der Waals surface area contributed by atoms with Crippen LogP contribution in [0.5, 0.6) is 0 Å². The maximum atomic E-state index is 12.4. The molecule has 6 nitrogen and oxygen atoms in total. The molecule has 0 atom stereocenters. The van der Waals surface area contributed by atoms with Crippen molar-refractivity contribution in [3.8, 4) is 0 Å². The van der Waals surface area contributed by atoms with Crippen LogP contribution in [0.15, 0.2) is 39.5 Å². The number of carbonyl (C=O) groups is 1. The van der Waals surface area contributed by atoms with Crippen LogP contribution >= 0.6 is 0 Å². The minimum Gasteiger partial charge on any atom is -0.361 e. The zero-order valence-corrected chi connectivity index (χ0v) is 11.3. The second-order valence-electron chi connectivity index (χ2n) is 5.14. The zero-order chi connectivity index (χ0) is 14.2. The van der Waals surface area contributed by atoms with Crippen molar-refractivity contribution in [2.24, 2.45) is 0 Å². The van der Waals surface area contributed by atoms with Gasteiger partial charge in [-0.25, -0.2) is 0 Å². The van der Waals surface area contributed by atoms with Crippen molar-refractivity contribution in [3.05, 3.63) is 47.5 Å². The molecule has 1 aliphatic heterocycles. The lowest BCUT2D eigenvalue weighted by atomic mass is 10.1. The van der Waals surface area contributed by atoms with Crippen molar-refractivity contribution >= 4 is 16.9 Å². The quantitative estimate of drug-likeness (QED) is 0.718. The predicted octanol–water partition coefficient (Wildman–Crippen LogP) is 1.94. The summed E-state index contributed by atoms with van der Waals surface area (Å²) < 4.78 is 10.4. The molecule has 4 rings (SSSR count). The highest BCUT2D eigenvalue weighted by molar-refractivity contribution is 5.86. The Morgan fingerprint density at radius 3 is 3.14 bits per heavy atom. The van der Waals surface area contributed by atoms with Gasteiger partial charge in [-0.05, 0) is 12.1 Å². The fourth-order valence-electron chi connectivity index (χ4n) is 2.67. The van der Waals surface area contributed by atoms with Crippen LogP contribution in [0.3, 0.4) is 0 Å². The number of hydrogen-bond acceptors (Lipinski definition) is 5. The molecule has 0 N–H and O–H groups in total. The van der Waals surface area contributed by atoms with Crippen LogP contribution in [0.1, 0.15) is 17.0 Å². The van der Waals surface area contributed by atoms with Crippen LogP contribution in [0, 0.1) is 0 Å². The Bertz CT molecular complexity index is 805. The number of hydrogen-bond donors (Lipinski definition) is 0. The molecular formula is C15H13N3O3. The first-order valence-electron chi connectivity index (χ1n) is 6.85. The van der Waals surface area contributed by atoms with Crippen molar-refractivity contribution in [3.63, 3.8) is 0 Å².